The Hall–Kier alpha value is -1.72. The largest absolute Gasteiger partial charge is 0.357 e. The lowest BCUT2D eigenvalue weighted by Gasteiger charge is -2.19. The summed E-state index contributed by atoms with van der Waals surface area (Å²) in [6.07, 6.45) is 5.94. The van der Waals surface area contributed by atoms with Crippen molar-refractivity contribution in [1.29, 1.82) is 0 Å². The van der Waals surface area contributed by atoms with Gasteiger partial charge < -0.3 is 15.2 Å². The van der Waals surface area contributed by atoms with Crippen LogP contribution < -0.4 is 10.6 Å². The molecule has 0 amide bonds. The lowest BCUT2D eigenvalue weighted by atomic mass is 10.1. The molecule has 2 N–H and O–H groups in total. The SMILES string of the molecule is CCNC(=NCCCCn1ccnc1C)NC(C)c1ccc(Cl)cc1Cl. The summed E-state index contributed by atoms with van der Waals surface area (Å²) in [5.41, 5.74) is 0.997. The van der Waals surface area contributed by atoms with Crippen molar-refractivity contribution in [2.24, 2.45) is 4.99 Å². The predicted molar refractivity (Wildman–Crippen MR) is 110 cm³/mol. The number of hydrogen-bond donors (Lipinski definition) is 2. The zero-order valence-electron chi connectivity index (χ0n) is 15.6. The zero-order valence-corrected chi connectivity index (χ0v) is 17.1. The van der Waals surface area contributed by atoms with Gasteiger partial charge in [0, 0.05) is 42.1 Å². The first-order valence-electron chi connectivity index (χ1n) is 8.98. The van der Waals surface area contributed by atoms with Crippen LogP contribution in [0.4, 0.5) is 0 Å². The number of guanidine groups is 1. The van der Waals surface area contributed by atoms with Crippen LogP contribution in [0.3, 0.4) is 0 Å². The Bertz CT molecular complexity index is 726. The number of nitrogens with one attached hydrogen (secondary N) is 2. The van der Waals surface area contributed by atoms with Crippen LogP contribution >= 0.6 is 23.2 Å². The van der Waals surface area contributed by atoms with Gasteiger partial charge in [-0.05, 0) is 51.3 Å². The topological polar surface area (TPSA) is 54.2 Å². The van der Waals surface area contributed by atoms with Gasteiger partial charge in [0.25, 0.3) is 0 Å². The van der Waals surface area contributed by atoms with Crippen LogP contribution in [0.5, 0.6) is 0 Å². The maximum atomic E-state index is 6.30. The highest BCUT2D eigenvalue weighted by molar-refractivity contribution is 6.35. The molecule has 1 heterocycles. The molecule has 142 valence electrons. The van der Waals surface area contributed by atoms with E-state index in [1.807, 2.05) is 31.5 Å². The van der Waals surface area contributed by atoms with Gasteiger partial charge in [0.2, 0.25) is 0 Å². The molecule has 0 fully saturated rings. The van der Waals surface area contributed by atoms with Crippen molar-refractivity contribution in [3.05, 3.63) is 52.0 Å². The average Bonchev–Trinajstić information content (AvgIpc) is 2.99. The first kappa shape index (κ1) is 20.6. The molecule has 1 aromatic carbocycles. The third-order valence-corrected chi connectivity index (χ3v) is 4.69. The van der Waals surface area contributed by atoms with E-state index < -0.39 is 0 Å². The summed E-state index contributed by atoms with van der Waals surface area (Å²) >= 11 is 12.3. The fourth-order valence-corrected chi connectivity index (χ4v) is 3.25. The normalized spacial score (nSPS) is 12.9. The van der Waals surface area contributed by atoms with Crippen molar-refractivity contribution in [3.63, 3.8) is 0 Å². The maximum absolute atomic E-state index is 6.30. The van der Waals surface area contributed by atoms with Gasteiger partial charge >= 0.3 is 0 Å². The number of aromatic nitrogens is 2. The fraction of sp³-hybridized carbons (Fsp3) is 0.474. The van der Waals surface area contributed by atoms with E-state index in [4.69, 9.17) is 23.2 Å². The average molecular weight is 396 g/mol. The molecular weight excluding hydrogens is 369 g/mol. The Balaban J connectivity index is 1.86. The van der Waals surface area contributed by atoms with Crippen molar-refractivity contribution in [2.45, 2.75) is 46.2 Å². The smallest absolute Gasteiger partial charge is 0.191 e. The summed E-state index contributed by atoms with van der Waals surface area (Å²) < 4.78 is 2.16. The van der Waals surface area contributed by atoms with Gasteiger partial charge in [-0.2, -0.15) is 0 Å². The molecule has 2 rings (SSSR count). The molecule has 1 atom stereocenters. The summed E-state index contributed by atoms with van der Waals surface area (Å²) in [5, 5.41) is 7.98. The molecule has 0 radical (unpaired) electrons. The number of rotatable bonds is 8. The van der Waals surface area contributed by atoms with Gasteiger partial charge in [0.1, 0.15) is 5.82 Å². The number of imidazole rings is 1. The Morgan fingerprint density at radius 1 is 1.31 bits per heavy atom. The van der Waals surface area contributed by atoms with Crippen molar-refractivity contribution in [1.82, 2.24) is 20.2 Å². The Labute approximate surface area is 165 Å². The molecule has 2 aromatic rings. The summed E-state index contributed by atoms with van der Waals surface area (Å²) in [5.74, 6) is 1.85. The third-order valence-electron chi connectivity index (χ3n) is 4.13. The predicted octanol–water partition coefficient (Wildman–Crippen LogP) is 4.59. The minimum atomic E-state index is 0.0335. The summed E-state index contributed by atoms with van der Waals surface area (Å²) in [7, 11) is 0. The van der Waals surface area contributed by atoms with Crippen LogP contribution in [0.2, 0.25) is 10.0 Å². The van der Waals surface area contributed by atoms with Crippen molar-refractivity contribution in [3.8, 4) is 0 Å². The number of benzene rings is 1. The first-order chi connectivity index (χ1) is 12.5. The van der Waals surface area contributed by atoms with Crippen LogP contribution in [-0.2, 0) is 6.54 Å². The van der Waals surface area contributed by atoms with Gasteiger partial charge in [0.05, 0.1) is 6.04 Å². The highest BCUT2D eigenvalue weighted by Crippen LogP contribution is 2.25. The van der Waals surface area contributed by atoms with Gasteiger partial charge in [-0.25, -0.2) is 4.98 Å². The minimum Gasteiger partial charge on any atom is -0.357 e. The molecule has 5 nitrogen and oxygen atoms in total. The number of aryl methyl sites for hydroxylation is 2. The second kappa shape index (κ2) is 10.4. The second-order valence-electron chi connectivity index (χ2n) is 6.17. The molecule has 26 heavy (non-hydrogen) atoms. The van der Waals surface area contributed by atoms with E-state index in [2.05, 4.69) is 39.0 Å². The van der Waals surface area contributed by atoms with E-state index in [-0.39, 0.29) is 6.04 Å². The van der Waals surface area contributed by atoms with E-state index in [1.165, 1.54) is 0 Å². The molecule has 7 heteroatoms. The molecule has 0 spiro atoms. The van der Waals surface area contributed by atoms with Gasteiger partial charge in [-0.15, -0.1) is 0 Å². The highest BCUT2D eigenvalue weighted by Gasteiger charge is 2.11. The molecular formula is C19H27Cl2N5. The van der Waals surface area contributed by atoms with E-state index in [9.17, 15) is 0 Å². The summed E-state index contributed by atoms with van der Waals surface area (Å²) in [6.45, 7) is 8.69. The number of nitrogens with zero attached hydrogens (tertiary/aromatic N) is 3. The molecule has 0 aliphatic rings. The van der Waals surface area contributed by atoms with E-state index >= 15 is 0 Å². The van der Waals surface area contributed by atoms with Gasteiger partial charge in [0.15, 0.2) is 5.96 Å². The minimum absolute atomic E-state index is 0.0335. The first-order valence-corrected chi connectivity index (χ1v) is 9.74. The third kappa shape index (κ3) is 6.22. The monoisotopic (exact) mass is 395 g/mol. The molecule has 1 unspecified atom stereocenters. The van der Waals surface area contributed by atoms with Gasteiger partial charge in [-0.3, -0.25) is 4.99 Å². The number of unbranched alkanes of at least 4 members (excludes halogenated alkanes) is 1. The van der Waals surface area contributed by atoms with Crippen LogP contribution in [0, 0.1) is 6.92 Å². The van der Waals surface area contributed by atoms with Crippen LogP contribution in [0.1, 0.15) is 44.1 Å². The molecule has 0 aliphatic carbocycles. The molecule has 1 aromatic heterocycles. The summed E-state index contributed by atoms with van der Waals surface area (Å²) in [6, 6.07) is 5.59. The van der Waals surface area contributed by atoms with Crippen LogP contribution in [0.15, 0.2) is 35.6 Å². The van der Waals surface area contributed by atoms with E-state index in [0.29, 0.717) is 10.0 Å². The summed E-state index contributed by atoms with van der Waals surface area (Å²) in [4.78, 5) is 8.91. The van der Waals surface area contributed by atoms with Crippen molar-refractivity contribution < 1.29 is 0 Å². The zero-order chi connectivity index (χ0) is 18.9. The standard InChI is InChI=1S/C19H27Cl2N5/c1-4-22-19(24-9-5-6-11-26-12-10-23-15(26)3)25-14(2)17-8-7-16(20)13-18(17)21/h7-8,10,12-14H,4-6,9,11H2,1-3H3,(H2,22,24,25). The lowest BCUT2D eigenvalue weighted by molar-refractivity contribution is 0.599. The second-order valence-corrected chi connectivity index (χ2v) is 7.01. The maximum Gasteiger partial charge on any atom is 0.191 e. The number of hydrogen-bond acceptors (Lipinski definition) is 2. The fourth-order valence-electron chi connectivity index (χ4n) is 2.68. The molecule has 0 aliphatic heterocycles. The van der Waals surface area contributed by atoms with E-state index in [1.54, 1.807) is 6.07 Å². The molecule has 0 saturated heterocycles. The molecule has 0 saturated carbocycles. The Morgan fingerprint density at radius 2 is 2.12 bits per heavy atom. The van der Waals surface area contributed by atoms with Gasteiger partial charge in [-0.1, -0.05) is 29.3 Å². The lowest BCUT2D eigenvalue weighted by Crippen LogP contribution is -2.38. The van der Waals surface area contributed by atoms with Crippen LogP contribution in [0.25, 0.3) is 0 Å². The Kier molecular flexibility index (Phi) is 8.26. The van der Waals surface area contributed by atoms with Crippen molar-refractivity contribution >= 4 is 29.2 Å². The highest BCUT2D eigenvalue weighted by atomic mass is 35.5. The van der Waals surface area contributed by atoms with Crippen LogP contribution in [-0.4, -0.2) is 28.6 Å². The van der Waals surface area contributed by atoms with E-state index in [0.717, 1.165) is 49.8 Å². The molecule has 0 bridgehead atoms. The number of halogens is 2. The number of aliphatic imine (C=N–C) groups is 1. The quantitative estimate of drug-likeness (QED) is 0.390. The Morgan fingerprint density at radius 3 is 2.77 bits per heavy atom. The van der Waals surface area contributed by atoms with Crippen molar-refractivity contribution in [2.75, 3.05) is 13.1 Å².